The van der Waals surface area contributed by atoms with Crippen molar-refractivity contribution in [2.75, 3.05) is 5.32 Å². The standard InChI is InChI=1S/C16H18INO4/c1-10(19)21-16(15(2,3)4)9-13(14(20)22-16)18-12-8-6-5-7-11(12)17/h5-9,18H,1-4H3. The molecular weight excluding hydrogens is 397 g/mol. The van der Waals surface area contributed by atoms with Gasteiger partial charge in [0, 0.05) is 22.0 Å². The number of para-hydroxylation sites is 1. The summed E-state index contributed by atoms with van der Waals surface area (Å²) in [5, 5.41) is 3.05. The van der Waals surface area contributed by atoms with E-state index >= 15 is 0 Å². The first-order chi connectivity index (χ1) is 10.1. The van der Waals surface area contributed by atoms with E-state index in [2.05, 4.69) is 27.9 Å². The van der Waals surface area contributed by atoms with Crippen LogP contribution in [0.25, 0.3) is 0 Å². The molecule has 1 aliphatic rings. The van der Waals surface area contributed by atoms with Crippen LogP contribution < -0.4 is 5.32 Å². The molecule has 0 saturated carbocycles. The largest absolute Gasteiger partial charge is 0.418 e. The van der Waals surface area contributed by atoms with Crippen molar-refractivity contribution < 1.29 is 19.1 Å². The highest BCUT2D eigenvalue weighted by Crippen LogP contribution is 2.41. The zero-order chi connectivity index (χ0) is 16.5. The van der Waals surface area contributed by atoms with Crippen LogP contribution in [0.1, 0.15) is 27.7 Å². The minimum absolute atomic E-state index is 0.264. The number of anilines is 1. The third-order valence-electron chi connectivity index (χ3n) is 3.28. The average molecular weight is 415 g/mol. The van der Waals surface area contributed by atoms with E-state index in [1.807, 2.05) is 45.0 Å². The van der Waals surface area contributed by atoms with Crippen molar-refractivity contribution in [2.45, 2.75) is 33.5 Å². The molecule has 0 aliphatic carbocycles. The summed E-state index contributed by atoms with van der Waals surface area (Å²) in [5.74, 6) is -2.45. The van der Waals surface area contributed by atoms with E-state index in [4.69, 9.17) is 9.47 Å². The predicted molar refractivity (Wildman–Crippen MR) is 90.9 cm³/mol. The number of hydrogen-bond donors (Lipinski definition) is 1. The van der Waals surface area contributed by atoms with E-state index in [1.54, 1.807) is 6.08 Å². The lowest BCUT2D eigenvalue weighted by Crippen LogP contribution is -2.46. The average Bonchev–Trinajstić information content (AvgIpc) is 2.68. The summed E-state index contributed by atoms with van der Waals surface area (Å²) in [7, 11) is 0. The van der Waals surface area contributed by atoms with Gasteiger partial charge in [-0.25, -0.2) is 4.79 Å². The summed E-state index contributed by atoms with van der Waals surface area (Å²) in [6.07, 6.45) is 1.54. The summed E-state index contributed by atoms with van der Waals surface area (Å²) in [4.78, 5) is 23.6. The predicted octanol–water partition coefficient (Wildman–Crippen LogP) is 3.45. The van der Waals surface area contributed by atoms with Crippen LogP contribution in [0, 0.1) is 8.99 Å². The Balaban J connectivity index is 2.37. The molecule has 0 saturated heterocycles. The Bertz CT molecular complexity index is 648. The van der Waals surface area contributed by atoms with Crippen molar-refractivity contribution in [3.8, 4) is 0 Å². The number of esters is 2. The SMILES string of the molecule is CC(=O)OC1(C(C)(C)C)C=C(Nc2ccccc2I)C(=O)O1. The molecule has 1 N–H and O–H groups in total. The van der Waals surface area contributed by atoms with Gasteiger partial charge in [-0.05, 0) is 34.7 Å². The number of halogens is 1. The molecule has 0 radical (unpaired) electrons. The molecule has 6 heteroatoms. The summed E-state index contributed by atoms with van der Waals surface area (Å²) in [6.45, 7) is 6.82. The van der Waals surface area contributed by atoms with Crippen molar-refractivity contribution in [3.63, 3.8) is 0 Å². The fourth-order valence-electron chi connectivity index (χ4n) is 2.05. The van der Waals surface area contributed by atoms with Crippen molar-refractivity contribution in [1.29, 1.82) is 0 Å². The maximum Gasteiger partial charge on any atom is 0.358 e. The van der Waals surface area contributed by atoms with Gasteiger partial charge < -0.3 is 14.8 Å². The van der Waals surface area contributed by atoms with E-state index in [-0.39, 0.29) is 5.70 Å². The highest BCUT2D eigenvalue weighted by Gasteiger charge is 2.52. The van der Waals surface area contributed by atoms with Crippen LogP contribution in [0.2, 0.25) is 0 Å². The summed E-state index contributed by atoms with van der Waals surface area (Å²) in [5.41, 5.74) is 0.459. The van der Waals surface area contributed by atoms with Gasteiger partial charge in [0.05, 0.1) is 5.69 Å². The molecule has 0 spiro atoms. The Morgan fingerprint density at radius 1 is 1.32 bits per heavy atom. The Hall–Kier alpha value is -1.57. The van der Waals surface area contributed by atoms with Gasteiger partial charge in [-0.15, -0.1) is 0 Å². The van der Waals surface area contributed by atoms with Crippen LogP contribution in [0.15, 0.2) is 36.0 Å². The minimum Gasteiger partial charge on any atom is -0.418 e. The molecule has 2 rings (SSSR count). The number of carbonyl (C=O) groups excluding carboxylic acids is 2. The highest BCUT2D eigenvalue weighted by atomic mass is 127. The molecule has 0 aromatic heterocycles. The molecule has 5 nitrogen and oxygen atoms in total. The van der Waals surface area contributed by atoms with Gasteiger partial charge in [0.25, 0.3) is 5.79 Å². The molecule has 1 aromatic rings. The maximum atomic E-state index is 12.2. The number of benzene rings is 1. The lowest BCUT2D eigenvalue weighted by Gasteiger charge is -2.36. The fourth-order valence-corrected chi connectivity index (χ4v) is 2.57. The van der Waals surface area contributed by atoms with Crippen molar-refractivity contribution >= 4 is 40.2 Å². The smallest absolute Gasteiger partial charge is 0.358 e. The van der Waals surface area contributed by atoms with E-state index in [1.165, 1.54) is 6.92 Å². The second kappa shape index (κ2) is 5.91. The third-order valence-corrected chi connectivity index (χ3v) is 4.22. The van der Waals surface area contributed by atoms with Crippen LogP contribution in [0.4, 0.5) is 5.69 Å². The van der Waals surface area contributed by atoms with Crippen molar-refractivity contribution in [3.05, 3.63) is 39.6 Å². The molecule has 0 fully saturated rings. The van der Waals surface area contributed by atoms with Gasteiger partial charge in [0.1, 0.15) is 5.70 Å². The van der Waals surface area contributed by atoms with Gasteiger partial charge in [-0.1, -0.05) is 32.9 Å². The molecule has 1 unspecified atom stereocenters. The Morgan fingerprint density at radius 2 is 1.95 bits per heavy atom. The molecule has 1 atom stereocenters. The minimum atomic E-state index is -1.40. The van der Waals surface area contributed by atoms with Crippen LogP contribution in [-0.4, -0.2) is 17.7 Å². The van der Waals surface area contributed by atoms with Gasteiger partial charge in [0.15, 0.2) is 0 Å². The van der Waals surface area contributed by atoms with Gasteiger partial charge in [-0.2, -0.15) is 0 Å². The first-order valence-corrected chi connectivity index (χ1v) is 7.90. The Morgan fingerprint density at radius 3 is 2.50 bits per heavy atom. The number of ether oxygens (including phenoxy) is 2. The second-order valence-corrected chi connectivity index (χ2v) is 7.23. The molecule has 1 aromatic carbocycles. The first kappa shape index (κ1) is 16.8. The van der Waals surface area contributed by atoms with Gasteiger partial charge >= 0.3 is 11.9 Å². The third kappa shape index (κ3) is 3.26. The molecule has 118 valence electrons. The summed E-state index contributed by atoms with van der Waals surface area (Å²) in [6, 6.07) is 7.56. The lowest BCUT2D eigenvalue weighted by atomic mass is 9.85. The fraction of sp³-hybridized carbons (Fsp3) is 0.375. The van der Waals surface area contributed by atoms with Crippen LogP contribution in [-0.2, 0) is 19.1 Å². The number of rotatable bonds is 3. The van der Waals surface area contributed by atoms with E-state index in [0.29, 0.717) is 0 Å². The number of carbonyl (C=O) groups is 2. The molecule has 1 aliphatic heterocycles. The summed E-state index contributed by atoms with van der Waals surface area (Å²) < 4.78 is 11.7. The van der Waals surface area contributed by atoms with Crippen LogP contribution in [0.5, 0.6) is 0 Å². The van der Waals surface area contributed by atoms with E-state index in [9.17, 15) is 9.59 Å². The van der Waals surface area contributed by atoms with Crippen molar-refractivity contribution in [1.82, 2.24) is 0 Å². The van der Waals surface area contributed by atoms with E-state index < -0.39 is 23.1 Å². The van der Waals surface area contributed by atoms with Crippen LogP contribution >= 0.6 is 22.6 Å². The lowest BCUT2D eigenvalue weighted by molar-refractivity contribution is -0.232. The normalized spacial score (nSPS) is 21.1. The zero-order valence-corrected chi connectivity index (χ0v) is 15.1. The number of hydrogen-bond acceptors (Lipinski definition) is 5. The monoisotopic (exact) mass is 415 g/mol. The molecular formula is C16H18INO4. The maximum absolute atomic E-state index is 12.2. The summed E-state index contributed by atoms with van der Waals surface area (Å²) >= 11 is 2.17. The highest BCUT2D eigenvalue weighted by molar-refractivity contribution is 14.1. The van der Waals surface area contributed by atoms with Gasteiger partial charge in [-0.3, -0.25) is 4.79 Å². The first-order valence-electron chi connectivity index (χ1n) is 6.82. The number of nitrogens with one attached hydrogen (secondary N) is 1. The van der Waals surface area contributed by atoms with Gasteiger partial charge in [0.2, 0.25) is 0 Å². The Labute approximate surface area is 143 Å². The second-order valence-electron chi connectivity index (χ2n) is 6.06. The zero-order valence-electron chi connectivity index (χ0n) is 12.9. The topological polar surface area (TPSA) is 64.6 Å². The van der Waals surface area contributed by atoms with Crippen LogP contribution in [0.3, 0.4) is 0 Å². The van der Waals surface area contributed by atoms with E-state index in [0.717, 1.165) is 9.26 Å². The Kier molecular flexibility index (Phi) is 4.51. The van der Waals surface area contributed by atoms with Crippen molar-refractivity contribution in [2.24, 2.45) is 5.41 Å². The molecule has 0 bridgehead atoms. The quantitative estimate of drug-likeness (QED) is 0.606. The molecule has 0 amide bonds. The number of cyclic esters (lactones) is 1. The molecule has 22 heavy (non-hydrogen) atoms. The molecule has 1 heterocycles.